The standard InChI is InChI=1S/C15H24N4O/c1-12-13(11-17-18(12)2)14(20)19-9-5-15(6-10-19)3-7-16-8-4-15/h11,16H,3-10H2,1-2H3. The van der Waals surface area contributed by atoms with Crippen molar-refractivity contribution in [2.45, 2.75) is 32.6 Å². The first-order valence-electron chi connectivity index (χ1n) is 7.60. The summed E-state index contributed by atoms with van der Waals surface area (Å²) in [5.74, 6) is 0.152. The molecule has 0 aromatic carbocycles. The summed E-state index contributed by atoms with van der Waals surface area (Å²) >= 11 is 0. The Hall–Kier alpha value is -1.36. The molecule has 0 radical (unpaired) electrons. The van der Waals surface area contributed by atoms with E-state index in [1.54, 1.807) is 10.9 Å². The first-order chi connectivity index (χ1) is 9.61. The molecule has 1 N–H and O–H groups in total. The van der Waals surface area contributed by atoms with Crippen molar-refractivity contribution in [3.05, 3.63) is 17.5 Å². The van der Waals surface area contributed by atoms with E-state index in [0.717, 1.165) is 50.3 Å². The molecule has 5 heteroatoms. The monoisotopic (exact) mass is 276 g/mol. The van der Waals surface area contributed by atoms with Crippen molar-refractivity contribution in [3.8, 4) is 0 Å². The van der Waals surface area contributed by atoms with Crippen molar-refractivity contribution in [2.75, 3.05) is 26.2 Å². The molecular weight excluding hydrogens is 252 g/mol. The van der Waals surface area contributed by atoms with Gasteiger partial charge in [0.05, 0.1) is 11.8 Å². The summed E-state index contributed by atoms with van der Waals surface area (Å²) in [6, 6.07) is 0. The summed E-state index contributed by atoms with van der Waals surface area (Å²) in [6.07, 6.45) is 6.54. The first kappa shape index (κ1) is 13.6. The molecule has 1 spiro atoms. The van der Waals surface area contributed by atoms with E-state index in [1.807, 2.05) is 18.9 Å². The lowest BCUT2D eigenvalue weighted by atomic mass is 9.71. The molecule has 0 bridgehead atoms. The van der Waals surface area contributed by atoms with Gasteiger partial charge in [-0.2, -0.15) is 5.10 Å². The van der Waals surface area contributed by atoms with Gasteiger partial charge in [-0.3, -0.25) is 9.48 Å². The molecule has 1 aromatic heterocycles. The van der Waals surface area contributed by atoms with Crippen LogP contribution in [0.2, 0.25) is 0 Å². The van der Waals surface area contributed by atoms with Gasteiger partial charge in [0.2, 0.25) is 0 Å². The molecule has 2 aliphatic heterocycles. The van der Waals surface area contributed by atoms with Crippen LogP contribution in [-0.4, -0.2) is 46.8 Å². The number of piperidine rings is 2. The summed E-state index contributed by atoms with van der Waals surface area (Å²) in [6.45, 7) is 6.02. The Bertz CT molecular complexity index is 492. The van der Waals surface area contributed by atoms with Crippen LogP contribution in [0.15, 0.2) is 6.20 Å². The molecule has 0 atom stereocenters. The Morgan fingerprint density at radius 1 is 1.25 bits per heavy atom. The number of carbonyl (C=O) groups is 1. The van der Waals surface area contributed by atoms with Crippen LogP contribution in [0.5, 0.6) is 0 Å². The molecule has 110 valence electrons. The van der Waals surface area contributed by atoms with Gasteiger partial charge in [0.15, 0.2) is 0 Å². The van der Waals surface area contributed by atoms with Gasteiger partial charge < -0.3 is 10.2 Å². The fourth-order valence-corrected chi connectivity index (χ4v) is 3.52. The van der Waals surface area contributed by atoms with E-state index in [-0.39, 0.29) is 5.91 Å². The van der Waals surface area contributed by atoms with E-state index in [4.69, 9.17) is 0 Å². The Balaban J connectivity index is 1.66. The topological polar surface area (TPSA) is 50.2 Å². The van der Waals surface area contributed by atoms with Crippen LogP contribution in [0.4, 0.5) is 0 Å². The third-order valence-electron chi connectivity index (χ3n) is 5.24. The molecule has 2 aliphatic rings. The van der Waals surface area contributed by atoms with E-state index in [0.29, 0.717) is 5.41 Å². The van der Waals surface area contributed by atoms with Crippen LogP contribution >= 0.6 is 0 Å². The second-order valence-electron chi connectivity index (χ2n) is 6.31. The van der Waals surface area contributed by atoms with Gasteiger partial charge in [-0.05, 0) is 51.1 Å². The summed E-state index contributed by atoms with van der Waals surface area (Å²) in [7, 11) is 1.88. The zero-order valence-corrected chi connectivity index (χ0v) is 12.5. The molecule has 2 saturated heterocycles. The van der Waals surface area contributed by atoms with Crippen molar-refractivity contribution in [1.29, 1.82) is 0 Å². The number of rotatable bonds is 1. The molecule has 1 amide bonds. The normalized spacial score (nSPS) is 22.2. The molecule has 0 saturated carbocycles. The third kappa shape index (κ3) is 2.35. The Labute approximate surface area is 120 Å². The van der Waals surface area contributed by atoms with Crippen molar-refractivity contribution in [3.63, 3.8) is 0 Å². The van der Waals surface area contributed by atoms with Gasteiger partial charge >= 0.3 is 0 Å². The zero-order valence-electron chi connectivity index (χ0n) is 12.5. The van der Waals surface area contributed by atoms with Crippen LogP contribution in [0.1, 0.15) is 41.7 Å². The lowest BCUT2D eigenvalue weighted by Gasteiger charge is -2.44. The Morgan fingerprint density at radius 3 is 2.45 bits per heavy atom. The van der Waals surface area contributed by atoms with E-state index in [9.17, 15) is 4.79 Å². The minimum absolute atomic E-state index is 0.152. The Kier molecular flexibility index (Phi) is 3.54. The highest BCUT2D eigenvalue weighted by Gasteiger charge is 2.37. The van der Waals surface area contributed by atoms with Crippen molar-refractivity contribution >= 4 is 5.91 Å². The summed E-state index contributed by atoms with van der Waals surface area (Å²) in [5.41, 5.74) is 2.21. The highest BCUT2D eigenvalue weighted by Crippen LogP contribution is 2.39. The molecule has 3 heterocycles. The van der Waals surface area contributed by atoms with Gasteiger partial charge in [0.1, 0.15) is 0 Å². The predicted octanol–water partition coefficient (Wildman–Crippen LogP) is 1.33. The average molecular weight is 276 g/mol. The second-order valence-corrected chi connectivity index (χ2v) is 6.31. The fraction of sp³-hybridized carbons (Fsp3) is 0.733. The Morgan fingerprint density at radius 2 is 1.90 bits per heavy atom. The molecular formula is C15H24N4O. The molecule has 5 nitrogen and oxygen atoms in total. The number of aryl methyl sites for hydroxylation is 1. The van der Waals surface area contributed by atoms with Crippen LogP contribution in [0.25, 0.3) is 0 Å². The molecule has 3 rings (SSSR count). The first-order valence-corrected chi connectivity index (χ1v) is 7.60. The maximum absolute atomic E-state index is 12.6. The van der Waals surface area contributed by atoms with E-state index in [1.165, 1.54) is 12.8 Å². The number of hydrogen-bond acceptors (Lipinski definition) is 3. The predicted molar refractivity (Wildman–Crippen MR) is 77.6 cm³/mol. The summed E-state index contributed by atoms with van der Waals surface area (Å²) in [4.78, 5) is 14.6. The maximum atomic E-state index is 12.6. The minimum Gasteiger partial charge on any atom is -0.339 e. The van der Waals surface area contributed by atoms with Gasteiger partial charge in [0.25, 0.3) is 5.91 Å². The van der Waals surface area contributed by atoms with Gasteiger partial charge in [-0.25, -0.2) is 0 Å². The molecule has 1 aromatic rings. The molecule has 0 unspecified atom stereocenters. The fourth-order valence-electron chi connectivity index (χ4n) is 3.52. The number of amides is 1. The molecule has 20 heavy (non-hydrogen) atoms. The maximum Gasteiger partial charge on any atom is 0.257 e. The van der Waals surface area contributed by atoms with E-state index < -0.39 is 0 Å². The van der Waals surface area contributed by atoms with Crippen LogP contribution in [0.3, 0.4) is 0 Å². The van der Waals surface area contributed by atoms with Crippen LogP contribution < -0.4 is 5.32 Å². The quantitative estimate of drug-likeness (QED) is 0.842. The number of likely N-dealkylation sites (tertiary alicyclic amines) is 1. The smallest absolute Gasteiger partial charge is 0.257 e. The van der Waals surface area contributed by atoms with Gasteiger partial charge in [-0.1, -0.05) is 0 Å². The zero-order chi connectivity index (χ0) is 14.2. The van der Waals surface area contributed by atoms with Crippen molar-refractivity contribution < 1.29 is 4.79 Å². The highest BCUT2D eigenvalue weighted by atomic mass is 16.2. The van der Waals surface area contributed by atoms with Gasteiger partial charge in [-0.15, -0.1) is 0 Å². The summed E-state index contributed by atoms with van der Waals surface area (Å²) in [5, 5.41) is 7.61. The van der Waals surface area contributed by atoms with Crippen LogP contribution in [0, 0.1) is 12.3 Å². The number of nitrogens with one attached hydrogen (secondary N) is 1. The number of nitrogens with zero attached hydrogens (tertiary/aromatic N) is 3. The SMILES string of the molecule is Cc1c(C(=O)N2CCC3(CCNCC3)CC2)cnn1C. The minimum atomic E-state index is 0.152. The molecule has 0 aliphatic carbocycles. The van der Waals surface area contributed by atoms with E-state index >= 15 is 0 Å². The molecule has 2 fully saturated rings. The number of aromatic nitrogens is 2. The number of hydrogen-bond donors (Lipinski definition) is 1. The average Bonchev–Trinajstić information content (AvgIpc) is 2.80. The lowest BCUT2D eigenvalue weighted by molar-refractivity contribution is 0.0495. The van der Waals surface area contributed by atoms with Crippen molar-refractivity contribution in [2.24, 2.45) is 12.5 Å². The lowest BCUT2D eigenvalue weighted by Crippen LogP contribution is -2.47. The van der Waals surface area contributed by atoms with Crippen LogP contribution in [-0.2, 0) is 7.05 Å². The summed E-state index contributed by atoms with van der Waals surface area (Å²) < 4.78 is 1.77. The largest absolute Gasteiger partial charge is 0.339 e. The third-order valence-corrected chi connectivity index (χ3v) is 5.24. The number of carbonyl (C=O) groups excluding carboxylic acids is 1. The highest BCUT2D eigenvalue weighted by molar-refractivity contribution is 5.95. The van der Waals surface area contributed by atoms with Gasteiger partial charge in [0, 0.05) is 25.8 Å². The van der Waals surface area contributed by atoms with E-state index in [2.05, 4.69) is 10.4 Å². The second kappa shape index (κ2) is 5.20. The van der Waals surface area contributed by atoms with Crippen molar-refractivity contribution in [1.82, 2.24) is 20.0 Å².